The van der Waals surface area contributed by atoms with Crippen LogP contribution in [0.25, 0.3) is 11.0 Å². The molecular weight excluding hydrogens is 216 g/mol. The molecule has 0 saturated carbocycles. The maximum absolute atomic E-state index is 11.8. The van der Waals surface area contributed by atoms with Crippen molar-refractivity contribution in [3.05, 3.63) is 18.2 Å². The summed E-state index contributed by atoms with van der Waals surface area (Å²) < 4.78 is 0. The van der Waals surface area contributed by atoms with Crippen molar-refractivity contribution in [2.75, 3.05) is 11.4 Å². The normalized spacial score (nSPS) is 19.8. The average Bonchev–Trinajstić information content (AvgIpc) is 2.93. The fourth-order valence-electron chi connectivity index (χ4n) is 2.07. The van der Waals surface area contributed by atoms with Gasteiger partial charge in [-0.25, -0.2) is 0 Å². The third-order valence-electron chi connectivity index (χ3n) is 2.97. The van der Waals surface area contributed by atoms with Crippen LogP contribution in [0, 0.1) is 18.3 Å². The van der Waals surface area contributed by atoms with Gasteiger partial charge in [-0.05, 0) is 18.2 Å². The lowest BCUT2D eigenvalue weighted by atomic mass is 10.1. The van der Waals surface area contributed by atoms with Gasteiger partial charge in [0.1, 0.15) is 11.0 Å². The number of nitrogens with one attached hydrogen (secondary N) is 1. The molecule has 0 radical (unpaired) electrons. The average molecular weight is 226 g/mol. The van der Waals surface area contributed by atoms with Crippen molar-refractivity contribution in [3.63, 3.8) is 0 Å². The van der Waals surface area contributed by atoms with Crippen molar-refractivity contribution in [1.29, 1.82) is 0 Å². The fraction of sp³-hybridized carbons (Fsp3) is 0.250. The topological polar surface area (TPSA) is 61.9 Å². The predicted molar refractivity (Wildman–Crippen MR) is 63.2 cm³/mol. The highest BCUT2D eigenvalue weighted by molar-refractivity contribution is 5.97. The summed E-state index contributed by atoms with van der Waals surface area (Å²) in [7, 11) is 0. The molecule has 84 valence electrons. The van der Waals surface area contributed by atoms with Gasteiger partial charge in [0.25, 0.3) is 0 Å². The van der Waals surface area contributed by atoms with E-state index in [4.69, 9.17) is 6.42 Å². The number of H-pyrrole nitrogens is 1. The van der Waals surface area contributed by atoms with Crippen molar-refractivity contribution >= 4 is 22.6 Å². The number of carbonyl (C=O) groups excluding carboxylic acids is 1. The van der Waals surface area contributed by atoms with E-state index in [2.05, 4.69) is 21.3 Å². The molecule has 1 unspecified atom stereocenters. The maximum Gasteiger partial charge on any atom is 0.228 e. The molecule has 2 heterocycles. The van der Waals surface area contributed by atoms with E-state index in [0.29, 0.717) is 13.0 Å². The van der Waals surface area contributed by atoms with Crippen LogP contribution in [-0.4, -0.2) is 27.9 Å². The second-order valence-corrected chi connectivity index (χ2v) is 4.07. The second kappa shape index (κ2) is 3.59. The monoisotopic (exact) mass is 226 g/mol. The van der Waals surface area contributed by atoms with Crippen LogP contribution in [0.5, 0.6) is 0 Å². The molecule has 5 heteroatoms. The van der Waals surface area contributed by atoms with Crippen LogP contribution in [0.3, 0.4) is 0 Å². The van der Waals surface area contributed by atoms with Crippen molar-refractivity contribution < 1.29 is 4.79 Å². The molecule has 17 heavy (non-hydrogen) atoms. The molecule has 1 amide bonds. The lowest BCUT2D eigenvalue weighted by molar-refractivity contribution is -0.117. The smallest absolute Gasteiger partial charge is 0.228 e. The van der Waals surface area contributed by atoms with Gasteiger partial charge in [0, 0.05) is 24.6 Å². The number of rotatable bonds is 1. The van der Waals surface area contributed by atoms with Crippen LogP contribution in [0.1, 0.15) is 6.42 Å². The van der Waals surface area contributed by atoms with E-state index in [9.17, 15) is 4.79 Å². The van der Waals surface area contributed by atoms with Crippen molar-refractivity contribution in [1.82, 2.24) is 15.4 Å². The Morgan fingerprint density at radius 1 is 1.41 bits per heavy atom. The Balaban J connectivity index is 1.98. The molecule has 1 saturated heterocycles. The molecule has 2 aromatic rings. The van der Waals surface area contributed by atoms with E-state index in [-0.39, 0.29) is 11.8 Å². The standard InChI is InChI=1S/C12H10N4O/c1-2-8-5-12(17)16(7-8)9-3-4-10-11(6-9)14-15-13-10/h1,3-4,6,8H,5,7H2,(H,13,14,15). The number of amides is 1. The molecule has 0 bridgehead atoms. The van der Waals surface area contributed by atoms with E-state index in [0.717, 1.165) is 16.7 Å². The van der Waals surface area contributed by atoms with E-state index in [1.54, 1.807) is 4.90 Å². The van der Waals surface area contributed by atoms with Gasteiger partial charge in [0.15, 0.2) is 0 Å². The van der Waals surface area contributed by atoms with Crippen LogP contribution < -0.4 is 4.90 Å². The largest absolute Gasteiger partial charge is 0.311 e. The molecule has 1 aliphatic rings. The Kier molecular flexibility index (Phi) is 2.08. The summed E-state index contributed by atoms with van der Waals surface area (Å²) in [5.41, 5.74) is 2.36. The van der Waals surface area contributed by atoms with E-state index in [1.807, 2.05) is 18.2 Å². The summed E-state index contributed by atoms with van der Waals surface area (Å²) in [6, 6.07) is 5.54. The van der Waals surface area contributed by atoms with Crippen LogP contribution in [0.2, 0.25) is 0 Å². The zero-order valence-corrected chi connectivity index (χ0v) is 9.05. The van der Waals surface area contributed by atoms with Gasteiger partial charge in [-0.1, -0.05) is 0 Å². The van der Waals surface area contributed by atoms with Gasteiger partial charge in [0.05, 0.1) is 0 Å². The summed E-state index contributed by atoms with van der Waals surface area (Å²) in [4.78, 5) is 13.5. The minimum atomic E-state index is 0.00973. The number of anilines is 1. The third-order valence-corrected chi connectivity index (χ3v) is 2.97. The lowest BCUT2D eigenvalue weighted by Gasteiger charge is -2.15. The van der Waals surface area contributed by atoms with E-state index in [1.165, 1.54) is 0 Å². The maximum atomic E-state index is 11.8. The quantitative estimate of drug-likeness (QED) is 0.736. The molecule has 1 fully saturated rings. The first-order valence-electron chi connectivity index (χ1n) is 5.35. The Morgan fingerprint density at radius 2 is 2.24 bits per heavy atom. The Morgan fingerprint density at radius 3 is 3.00 bits per heavy atom. The SMILES string of the molecule is C#CC1CC(=O)N(c2ccc3n[nH]nc3c2)C1. The van der Waals surface area contributed by atoms with E-state index < -0.39 is 0 Å². The molecule has 1 aromatic heterocycles. The second-order valence-electron chi connectivity index (χ2n) is 4.07. The number of aromatic nitrogens is 3. The fourth-order valence-corrected chi connectivity index (χ4v) is 2.07. The number of hydrogen-bond acceptors (Lipinski definition) is 3. The highest BCUT2D eigenvalue weighted by atomic mass is 16.2. The molecule has 0 spiro atoms. The summed E-state index contributed by atoms with van der Waals surface area (Å²) in [6.45, 7) is 0.582. The number of fused-ring (bicyclic) bond motifs is 1. The van der Waals surface area contributed by atoms with Gasteiger partial charge in [-0.2, -0.15) is 15.4 Å². The number of terminal acetylenes is 1. The summed E-state index contributed by atoms with van der Waals surface area (Å²) >= 11 is 0. The molecule has 1 N–H and O–H groups in total. The highest BCUT2D eigenvalue weighted by Crippen LogP contribution is 2.26. The molecule has 5 nitrogen and oxygen atoms in total. The molecule has 0 aliphatic carbocycles. The Bertz CT molecular complexity index is 625. The number of carbonyl (C=O) groups is 1. The van der Waals surface area contributed by atoms with Gasteiger partial charge < -0.3 is 4.90 Å². The Hall–Kier alpha value is -2.35. The number of benzene rings is 1. The first kappa shape index (κ1) is 9.85. The molecule has 1 aliphatic heterocycles. The van der Waals surface area contributed by atoms with E-state index >= 15 is 0 Å². The molecule has 3 rings (SSSR count). The van der Waals surface area contributed by atoms with Crippen LogP contribution >= 0.6 is 0 Å². The summed E-state index contributed by atoms with van der Waals surface area (Å²) in [5, 5.41) is 10.5. The number of aromatic amines is 1. The Labute approximate surface area is 97.8 Å². The van der Waals surface area contributed by atoms with Gasteiger partial charge in [-0.15, -0.1) is 12.3 Å². The zero-order valence-electron chi connectivity index (χ0n) is 9.05. The summed E-state index contributed by atoms with van der Waals surface area (Å²) in [5.74, 6) is 2.70. The lowest BCUT2D eigenvalue weighted by Crippen LogP contribution is -2.24. The van der Waals surface area contributed by atoms with Crippen LogP contribution in [-0.2, 0) is 4.79 Å². The molecule has 1 atom stereocenters. The van der Waals surface area contributed by atoms with Gasteiger partial charge >= 0.3 is 0 Å². The minimum absolute atomic E-state index is 0.00973. The number of nitrogens with zero attached hydrogens (tertiary/aromatic N) is 3. The first-order chi connectivity index (χ1) is 8.28. The van der Waals surface area contributed by atoms with Crippen molar-refractivity contribution in [2.24, 2.45) is 5.92 Å². The van der Waals surface area contributed by atoms with Crippen molar-refractivity contribution in [3.8, 4) is 12.3 Å². The zero-order chi connectivity index (χ0) is 11.8. The van der Waals surface area contributed by atoms with Gasteiger partial charge in [0.2, 0.25) is 5.91 Å². The van der Waals surface area contributed by atoms with Crippen LogP contribution in [0.4, 0.5) is 5.69 Å². The number of hydrogen-bond donors (Lipinski definition) is 1. The minimum Gasteiger partial charge on any atom is -0.311 e. The van der Waals surface area contributed by atoms with Crippen molar-refractivity contribution in [2.45, 2.75) is 6.42 Å². The highest BCUT2D eigenvalue weighted by Gasteiger charge is 2.29. The molecular formula is C12H10N4O. The summed E-state index contributed by atoms with van der Waals surface area (Å²) in [6.07, 6.45) is 5.78. The molecule has 1 aromatic carbocycles. The predicted octanol–water partition coefficient (Wildman–Crippen LogP) is 0.944. The van der Waals surface area contributed by atoms with Gasteiger partial charge in [-0.3, -0.25) is 4.79 Å². The van der Waals surface area contributed by atoms with Crippen LogP contribution in [0.15, 0.2) is 18.2 Å². The third kappa shape index (κ3) is 1.54. The first-order valence-corrected chi connectivity index (χ1v) is 5.35.